The van der Waals surface area contributed by atoms with E-state index >= 15 is 0 Å². The zero-order valence-corrected chi connectivity index (χ0v) is 29.7. The van der Waals surface area contributed by atoms with Gasteiger partial charge in [-0.15, -0.1) is 13.2 Å². The van der Waals surface area contributed by atoms with Crippen LogP contribution in [0.4, 0.5) is 0 Å². The summed E-state index contributed by atoms with van der Waals surface area (Å²) in [4.78, 5) is 62.1. The molecule has 8 atom stereocenters. The van der Waals surface area contributed by atoms with Crippen molar-refractivity contribution in [2.24, 2.45) is 17.8 Å². The summed E-state index contributed by atoms with van der Waals surface area (Å²) >= 11 is 0. The maximum Gasteiger partial charge on any atom is 0.313 e. The Hall–Kier alpha value is -3.50. The van der Waals surface area contributed by atoms with E-state index in [4.69, 9.17) is 9.47 Å². The van der Waals surface area contributed by atoms with Gasteiger partial charge in [0.25, 0.3) is 0 Å². The predicted molar refractivity (Wildman–Crippen MR) is 186 cm³/mol. The van der Waals surface area contributed by atoms with Crippen molar-refractivity contribution in [3.05, 3.63) is 61.2 Å². The van der Waals surface area contributed by atoms with Crippen LogP contribution < -0.4 is 0 Å². The molecule has 4 aliphatic rings. The van der Waals surface area contributed by atoms with Crippen molar-refractivity contribution >= 4 is 23.7 Å². The number of fused-ring (bicyclic) bond motifs is 1. The molecule has 49 heavy (non-hydrogen) atoms. The summed E-state index contributed by atoms with van der Waals surface area (Å²) in [5, 5.41) is 10.6. The lowest BCUT2D eigenvalue weighted by molar-refractivity contribution is -0.165. The molecule has 1 saturated carbocycles. The Morgan fingerprint density at radius 2 is 1.78 bits per heavy atom. The van der Waals surface area contributed by atoms with Crippen LogP contribution in [0.3, 0.4) is 0 Å². The number of ether oxygens (including phenoxy) is 2. The minimum atomic E-state index is -1.22. The van der Waals surface area contributed by atoms with Crippen molar-refractivity contribution in [1.29, 1.82) is 0 Å². The molecule has 2 bridgehead atoms. The Morgan fingerprint density at radius 3 is 2.39 bits per heavy atom. The molecule has 0 unspecified atom stereocenters. The van der Waals surface area contributed by atoms with Gasteiger partial charge in [0.1, 0.15) is 17.7 Å². The Morgan fingerprint density at radius 1 is 1.08 bits per heavy atom. The van der Waals surface area contributed by atoms with Crippen LogP contribution in [0.1, 0.15) is 90.2 Å². The first-order valence-corrected chi connectivity index (χ1v) is 18.2. The van der Waals surface area contributed by atoms with E-state index in [1.54, 1.807) is 29.0 Å². The van der Waals surface area contributed by atoms with Crippen molar-refractivity contribution in [3.8, 4) is 0 Å². The molecule has 1 spiro atoms. The third kappa shape index (κ3) is 6.83. The highest BCUT2D eigenvalue weighted by molar-refractivity contribution is 5.98. The van der Waals surface area contributed by atoms with E-state index in [0.717, 1.165) is 37.7 Å². The van der Waals surface area contributed by atoms with Crippen LogP contribution in [0.5, 0.6) is 0 Å². The highest BCUT2D eigenvalue weighted by atomic mass is 16.6. The number of amides is 3. The number of esters is 1. The molecule has 10 heteroatoms. The maximum atomic E-state index is 14.9. The van der Waals surface area contributed by atoms with Gasteiger partial charge < -0.3 is 29.3 Å². The second-order valence-corrected chi connectivity index (χ2v) is 14.7. The zero-order chi connectivity index (χ0) is 35.5. The van der Waals surface area contributed by atoms with Gasteiger partial charge in [-0.25, -0.2) is 0 Å². The summed E-state index contributed by atoms with van der Waals surface area (Å²) in [6.45, 7) is 13.4. The van der Waals surface area contributed by atoms with E-state index < -0.39 is 53.7 Å². The highest BCUT2D eigenvalue weighted by Crippen LogP contribution is 2.59. The summed E-state index contributed by atoms with van der Waals surface area (Å²) in [7, 11) is 1.70. The number of nitrogens with zero attached hydrogens (tertiary/aromatic N) is 3. The largest absolute Gasteiger partial charge is 0.455 e. The van der Waals surface area contributed by atoms with Crippen LogP contribution in [-0.2, 0) is 28.7 Å². The van der Waals surface area contributed by atoms with Crippen LogP contribution in [-0.4, -0.2) is 99.6 Å². The Kier molecular flexibility index (Phi) is 11.7. The van der Waals surface area contributed by atoms with Gasteiger partial charge >= 0.3 is 5.97 Å². The fraction of sp³-hybridized carbons (Fsp3) is 0.641. The van der Waals surface area contributed by atoms with Crippen LogP contribution >= 0.6 is 0 Å². The van der Waals surface area contributed by atoms with Crippen molar-refractivity contribution in [2.45, 2.75) is 121 Å². The summed E-state index contributed by atoms with van der Waals surface area (Å²) in [5.74, 6) is -3.24. The van der Waals surface area contributed by atoms with Crippen molar-refractivity contribution in [3.63, 3.8) is 0 Å². The van der Waals surface area contributed by atoms with E-state index in [-0.39, 0.29) is 42.7 Å². The quantitative estimate of drug-likeness (QED) is 0.209. The topological polar surface area (TPSA) is 117 Å². The van der Waals surface area contributed by atoms with Crippen molar-refractivity contribution < 1.29 is 33.8 Å². The second kappa shape index (κ2) is 15.6. The van der Waals surface area contributed by atoms with E-state index in [9.17, 15) is 24.3 Å². The minimum absolute atomic E-state index is 0.0249. The highest BCUT2D eigenvalue weighted by Gasteiger charge is 2.76. The normalized spacial score (nSPS) is 28.1. The molecule has 3 heterocycles. The number of hydrogen-bond acceptors (Lipinski definition) is 7. The molecule has 0 aromatic heterocycles. The molecule has 3 amide bonds. The smallest absolute Gasteiger partial charge is 0.313 e. The molecule has 268 valence electrons. The van der Waals surface area contributed by atoms with Gasteiger partial charge in [0.15, 0.2) is 0 Å². The number of rotatable bonds is 15. The molecule has 5 rings (SSSR count). The molecule has 3 saturated heterocycles. The standard InChI is InChI=1S/C39H55N3O7/c1-7-9-20-31(44)40(6)26(5)34(27-16-12-10-13-17-27)48-38(47)32-30-21-22-39(49-30)33(32)36(45)42(29(24-43)25(3)4)35(39)37(46)41(23-8-2)28-18-14-11-15-19-28/h7-8,10,12-13,16-17,25-26,28-30,32-35,43H,1-2,9,11,14-15,18-24H2,3-6H3/t26-,29-,30-,32+,33+,34+,35-,39+/m0/s1. The third-order valence-corrected chi connectivity index (χ3v) is 11.6. The average Bonchev–Trinajstić information content (AvgIpc) is 3.76. The van der Waals surface area contributed by atoms with Gasteiger partial charge in [-0.05, 0) is 50.5 Å². The third-order valence-electron chi connectivity index (χ3n) is 11.6. The van der Waals surface area contributed by atoms with Crippen LogP contribution in [0, 0.1) is 17.8 Å². The van der Waals surface area contributed by atoms with Gasteiger partial charge in [0.2, 0.25) is 17.7 Å². The first kappa shape index (κ1) is 36.8. The maximum absolute atomic E-state index is 14.9. The fourth-order valence-electron chi connectivity index (χ4n) is 8.85. The van der Waals surface area contributed by atoms with Gasteiger partial charge in [0, 0.05) is 26.1 Å². The van der Waals surface area contributed by atoms with Crippen LogP contribution in [0.25, 0.3) is 0 Å². The summed E-state index contributed by atoms with van der Waals surface area (Å²) in [6, 6.07) is 7.21. The molecular weight excluding hydrogens is 622 g/mol. The number of aliphatic hydroxyl groups is 1. The van der Waals surface area contributed by atoms with Crippen LogP contribution in [0.15, 0.2) is 55.6 Å². The monoisotopic (exact) mass is 677 g/mol. The first-order valence-electron chi connectivity index (χ1n) is 18.2. The molecule has 10 nitrogen and oxygen atoms in total. The first-order chi connectivity index (χ1) is 23.5. The van der Waals surface area contributed by atoms with E-state index in [2.05, 4.69) is 13.2 Å². The van der Waals surface area contributed by atoms with Crippen molar-refractivity contribution in [1.82, 2.24) is 14.7 Å². The molecule has 3 aliphatic heterocycles. The van der Waals surface area contributed by atoms with E-state index in [0.29, 0.717) is 25.8 Å². The second-order valence-electron chi connectivity index (χ2n) is 14.7. The number of allylic oxidation sites excluding steroid dienone is 1. The number of carbonyl (C=O) groups is 4. The lowest BCUT2D eigenvalue weighted by Crippen LogP contribution is -2.61. The molecule has 1 aromatic carbocycles. The molecule has 0 radical (unpaired) electrons. The molecule has 4 fully saturated rings. The Labute approximate surface area is 291 Å². The van der Waals surface area contributed by atoms with Crippen molar-refractivity contribution in [2.75, 3.05) is 20.2 Å². The van der Waals surface area contributed by atoms with Crippen LogP contribution in [0.2, 0.25) is 0 Å². The molecule has 1 N–H and O–H groups in total. The number of aliphatic hydroxyl groups excluding tert-OH is 1. The van der Waals surface area contributed by atoms with Gasteiger partial charge in [-0.2, -0.15) is 0 Å². The Balaban J connectivity index is 1.50. The molecular formula is C39H55N3O7. The lowest BCUT2D eigenvalue weighted by atomic mass is 9.70. The fourth-order valence-corrected chi connectivity index (χ4v) is 8.85. The summed E-state index contributed by atoms with van der Waals surface area (Å²) < 4.78 is 13.1. The van der Waals surface area contributed by atoms with Gasteiger partial charge in [-0.1, -0.05) is 75.6 Å². The number of likely N-dealkylation sites (tertiary alicyclic amines) is 1. The minimum Gasteiger partial charge on any atom is -0.455 e. The number of likely N-dealkylation sites (N-methyl/N-ethyl adjacent to an activating group) is 1. The molecule has 1 aliphatic carbocycles. The SMILES string of the molecule is C=CCCC(=O)N(C)[C@@H](C)[C@@H](OC(=O)[C@@H]1[C@@H]2CC[C@]3(O2)[C@H](C(=O)N(CC=C)C2CCCCC2)N([C@@H](CO)C(C)C)C(=O)[C@@H]13)c1ccccc1. The van der Waals surface area contributed by atoms with Gasteiger partial charge in [0.05, 0.1) is 36.6 Å². The zero-order valence-electron chi connectivity index (χ0n) is 29.7. The van der Waals surface area contributed by atoms with E-state index in [1.807, 2.05) is 56.0 Å². The van der Waals surface area contributed by atoms with Gasteiger partial charge in [-0.3, -0.25) is 19.2 Å². The lowest BCUT2D eigenvalue weighted by Gasteiger charge is -2.43. The average molecular weight is 678 g/mol. The molecule has 1 aromatic rings. The number of benzene rings is 1. The Bertz CT molecular complexity index is 1380. The summed E-state index contributed by atoms with van der Waals surface area (Å²) in [5.41, 5.74) is -0.491. The summed E-state index contributed by atoms with van der Waals surface area (Å²) in [6.07, 6.45) is 8.75. The number of carbonyl (C=O) groups excluding carboxylic acids is 4. The number of hydrogen-bond donors (Lipinski definition) is 1. The van der Waals surface area contributed by atoms with E-state index in [1.165, 1.54) is 0 Å². The predicted octanol–water partition coefficient (Wildman–Crippen LogP) is 4.82.